The van der Waals surface area contributed by atoms with E-state index in [2.05, 4.69) is 19.1 Å². The molecule has 0 spiro atoms. The second kappa shape index (κ2) is 3.44. The zero-order chi connectivity index (χ0) is 9.10. The van der Waals surface area contributed by atoms with Crippen LogP contribution in [-0.4, -0.2) is 0 Å². The average molecular weight is 174 g/mol. The highest BCUT2D eigenvalue weighted by Crippen LogP contribution is 2.08. The number of para-hydroxylation sites is 1. The summed E-state index contributed by atoms with van der Waals surface area (Å²) >= 11 is 0. The summed E-state index contributed by atoms with van der Waals surface area (Å²) in [5.41, 5.74) is 2.41. The molecule has 0 aliphatic carbocycles. The van der Waals surface area contributed by atoms with Crippen LogP contribution in [0.5, 0.6) is 0 Å². The van der Waals surface area contributed by atoms with Crippen LogP contribution in [0.2, 0.25) is 0 Å². The van der Waals surface area contributed by atoms with Crippen LogP contribution in [0.1, 0.15) is 12.5 Å². The summed E-state index contributed by atoms with van der Waals surface area (Å²) in [7, 11) is 0. The molecule has 13 heavy (non-hydrogen) atoms. The van der Waals surface area contributed by atoms with Crippen molar-refractivity contribution >= 4 is 0 Å². The van der Waals surface area contributed by atoms with Gasteiger partial charge in [0.1, 0.15) is 0 Å². The molecule has 2 rings (SSSR count). The predicted octanol–water partition coefficient (Wildman–Crippen LogP) is 2.12. The van der Waals surface area contributed by atoms with Gasteiger partial charge < -0.3 is 0 Å². The molecule has 0 bridgehead atoms. The molecular formula is C11H12NO+. The number of rotatable bonds is 2. The minimum atomic E-state index is 1.02. The second-order valence-corrected chi connectivity index (χ2v) is 2.89. The highest BCUT2D eigenvalue weighted by Gasteiger charge is 2.12. The van der Waals surface area contributed by atoms with Crippen molar-refractivity contribution in [2.45, 2.75) is 13.3 Å². The maximum Gasteiger partial charge on any atom is 0.261 e. The topological polar surface area (TPSA) is 17.0 Å². The Morgan fingerprint density at radius 1 is 1.23 bits per heavy atom. The van der Waals surface area contributed by atoms with Gasteiger partial charge in [0, 0.05) is 22.4 Å². The standard InChI is InChI=1S/C11H12NO/c1-2-10-6-3-4-7-11(10)12-8-5-9-13-12/h3-9H,2H2,1H3/q+1. The first kappa shape index (κ1) is 8.05. The summed E-state index contributed by atoms with van der Waals surface area (Å²) in [6.45, 7) is 2.14. The molecule has 1 heterocycles. The molecule has 0 saturated carbocycles. The van der Waals surface area contributed by atoms with E-state index in [-0.39, 0.29) is 0 Å². The van der Waals surface area contributed by atoms with Gasteiger partial charge in [-0.05, 0) is 6.42 Å². The normalized spacial score (nSPS) is 10.2. The molecule has 0 saturated heterocycles. The number of benzene rings is 1. The maximum atomic E-state index is 5.28. The van der Waals surface area contributed by atoms with Gasteiger partial charge in [0.25, 0.3) is 5.69 Å². The van der Waals surface area contributed by atoms with E-state index in [9.17, 15) is 0 Å². The van der Waals surface area contributed by atoms with Crippen molar-refractivity contribution in [3.05, 3.63) is 48.4 Å². The molecule has 1 aromatic carbocycles. The predicted molar refractivity (Wildman–Crippen MR) is 49.6 cm³/mol. The van der Waals surface area contributed by atoms with E-state index in [1.165, 1.54) is 5.56 Å². The highest BCUT2D eigenvalue weighted by molar-refractivity contribution is 5.32. The zero-order valence-corrected chi connectivity index (χ0v) is 7.60. The molecule has 0 aliphatic heterocycles. The Kier molecular flexibility index (Phi) is 2.13. The Morgan fingerprint density at radius 2 is 2.08 bits per heavy atom. The number of hydrogen-bond donors (Lipinski definition) is 0. The van der Waals surface area contributed by atoms with Crippen LogP contribution in [0.4, 0.5) is 0 Å². The zero-order valence-electron chi connectivity index (χ0n) is 7.60. The lowest BCUT2D eigenvalue weighted by molar-refractivity contribution is -0.784. The maximum absolute atomic E-state index is 5.28. The molecule has 2 nitrogen and oxygen atoms in total. The summed E-state index contributed by atoms with van der Waals surface area (Å²) in [4.78, 5) is 0. The Labute approximate surface area is 77.4 Å². The molecule has 0 radical (unpaired) electrons. The van der Waals surface area contributed by atoms with Crippen LogP contribution < -0.4 is 4.74 Å². The molecule has 0 aliphatic rings. The smallest absolute Gasteiger partial charge is 0.239 e. The Balaban J connectivity index is 2.51. The van der Waals surface area contributed by atoms with Crippen molar-refractivity contribution in [3.8, 4) is 5.69 Å². The van der Waals surface area contributed by atoms with Gasteiger partial charge in [0.2, 0.25) is 6.20 Å². The molecule has 0 atom stereocenters. The number of aryl methyl sites for hydroxylation is 1. The van der Waals surface area contributed by atoms with Crippen LogP contribution in [0, 0.1) is 0 Å². The van der Waals surface area contributed by atoms with E-state index in [0.717, 1.165) is 12.1 Å². The fourth-order valence-electron chi connectivity index (χ4n) is 1.41. The largest absolute Gasteiger partial charge is 0.261 e. The van der Waals surface area contributed by atoms with Crippen LogP contribution in [0.15, 0.2) is 47.3 Å². The van der Waals surface area contributed by atoms with Gasteiger partial charge in [0.05, 0.1) is 0 Å². The molecule has 66 valence electrons. The Morgan fingerprint density at radius 3 is 2.77 bits per heavy atom. The van der Waals surface area contributed by atoms with Crippen LogP contribution in [0.25, 0.3) is 5.69 Å². The number of aromatic nitrogens is 1. The van der Waals surface area contributed by atoms with E-state index < -0.39 is 0 Å². The molecular weight excluding hydrogens is 162 g/mol. The summed E-state index contributed by atoms with van der Waals surface area (Å²) in [5, 5.41) is 0. The third-order valence-electron chi connectivity index (χ3n) is 2.08. The minimum absolute atomic E-state index is 1.02. The molecule has 0 N–H and O–H groups in total. The van der Waals surface area contributed by atoms with Gasteiger partial charge in [-0.1, -0.05) is 25.1 Å². The second-order valence-electron chi connectivity index (χ2n) is 2.89. The Hall–Kier alpha value is -1.57. The van der Waals surface area contributed by atoms with E-state index in [4.69, 9.17) is 4.52 Å². The van der Waals surface area contributed by atoms with Crippen LogP contribution in [-0.2, 0) is 6.42 Å². The molecule has 0 fully saturated rings. The van der Waals surface area contributed by atoms with Crippen molar-refractivity contribution in [1.29, 1.82) is 0 Å². The first-order valence-electron chi connectivity index (χ1n) is 4.45. The molecule has 2 aromatic rings. The number of nitrogens with zero attached hydrogens (tertiary/aromatic N) is 1. The third-order valence-corrected chi connectivity index (χ3v) is 2.08. The van der Waals surface area contributed by atoms with Crippen molar-refractivity contribution in [2.75, 3.05) is 0 Å². The van der Waals surface area contributed by atoms with Crippen molar-refractivity contribution in [1.82, 2.24) is 0 Å². The summed E-state index contributed by atoms with van der Waals surface area (Å²) in [5.74, 6) is 0. The van der Waals surface area contributed by atoms with Gasteiger partial charge in [0.15, 0.2) is 6.26 Å². The monoisotopic (exact) mass is 174 g/mol. The van der Waals surface area contributed by atoms with E-state index >= 15 is 0 Å². The van der Waals surface area contributed by atoms with E-state index in [1.54, 1.807) is 11.0 Å². The lowest BCUT2D eigenvalue weighted by Crippen LogP contribution is -2.28. The van der Waals surface area contributed by atoms with Crippen molar-refractivity contribution < 1.29 is 9.26 Å². The molecule has 2 heteroatoms. The van der Waals surface area contributed by atoms with Crippen molar-refractivity contribution in [3.63, 3.8) is 0 Å². The summed E-state index contributed by atoms with van der Waals surface area (Å²) in [6, 6.07) is 10.1. The quantitative estimate of drug-likeness (QED) is 0.637. The summed E-state index contributed by atoms with van der Waals surface area (Å²) in [6.07, 6.45) is 4.60. The third kappa shape index (κ3) is 1.47. The first-order valence-corrected chi connectivity index (χ1v) is 4.45. The van der Waals surface area contributed by atoms with Crippen LogP contribution in [0.3, 0.4) is 0 Å². The van der Waals surface area contributed by atoms with Gasteiger partial charge >= 0.3 is 0 Å². The lowest BCUT2D eigenvalue weighted by atomic mass is 10.1. The first-order chi connectivity index (χ1) is 6.42. The molecule has 1 aromatic heterocycles. The lowest BCUT2D eigenvalue weighted by Gasteiger charge is -1.96. The van der Waals surface area contributed by atoms with E-state index in [1.807, 2.05) is 24.4 Å². The average Bonchev–Trinajstić information content (AvgIpc) is 2.70. The fourth-order valence-corrected chi connectivity index (χ4v) is 1.41. The van der Waals surface area contributed by atoms with Gasteiger partial charge in [-0.25, -0.2) is 4.52 Å². The highest BCUT2D eigenvalue weighted by atomic mass is 16.5. The number of hydrogen-bond acceptors (Lipinski definition) is 1. The van der Waals surface area contributed by atoms with E-state index in [0.29, 0.717) is 0 Å². The molecule has 0 unspecified atom stereocenters. The van der Waals surface area contributed by atoms with Gasteiger partial charge in [-0.2, -0.15) is 0 Å². The van der Waals surface area contributed by atoms with Crippen molar-refractivity contribution in [2.24, 2.45) is 0 Å². The minimum Gasteiger partial charge on any atom is -0.239 e. The molecule has 0 amide bonds. The van der Waals surface area contributed by atoms with Crippen LogP contribution >= 0.6 is 0 Å². The SMILES string of the molecule is CCc1ccccc1-[n+]1ccco1. The summed E-state index contributed by atoms with van der Waals surface area (Å²) < 4.78 is 7.06. The Bertz CT molecular complexity index is 379. The van der Waals surface area contributed by atoms with Gasteiger partial charge in [-0.3, -0.25) is 0 Å². The van der Waals surface area contributed by atoms with Gasteiger partial charge in [-0.15, -0.1) is 0 Å². The fraction of sp³-hybridized carbons (Fsp3) is 0.182.